The fourth-order valence-electron chi connectivity index (χ4n) is 3.03. The zero-order valence-corrected chi connectivity index (χ0v) is 14.5. The predicted octanol–water partition coefficient (Wildman–Crippen LogP) is 2.49. The van der Waals surface area contributed by atoms with Gasteiger partial charge in [0.2, 0.25) is 0 Å². The van der Waals surface area contributed by atoms with E-state index in [1.165, 1.54) is 6.07 Å². The number of nitrogens with zero attached hydrogens (tertiary/aromatic N) is 4. The first-order chi connectivity index (χ1) is 12.6. The maximum Gasteiger partial charge on any atom is 0.345 e. The van der Waals surface area contributed by atoms with Crippen molar-refractivity contribution in [1.82, 2.24) is 4.98 Å². The summed E-state index contributed by atoms with van der Waals surface area (Å²) >= 11 is 0. The van der Waals surface area contributed by atoms with Crippen LogP contribution in [0.25, 0.3) is 0 Å². The Morgan fingerprint density at radius 3 is 2.31 bits per heavy atom. The summed E-state index contributed by atoms with van der Waals surface area (Å²) in [5.74, 6) is -0.670. The Kier molecular flexibility index (Phi) is 5.31. The minimum absolute atomic E-state index is 0.00841. The predicted molar refractivity (Wildman–Crippen MR) is 97.7 cm³/mol. The summed E-state index contributed by atoms with van der Waals surface area (Å²) in [5, 5.41) is 11.2. The molecule has 3 rings (SSSR count). The molecule has 0 aliphatic carbocycles. The number of carbonyl (C=O) groups excluding carboxylic acids is 1. The zero-order chi connectivity index (χ0) is 18.5. The highest BCUT2D eigenvalue weighted by Crippen LogP contribution is 2.27. The number of hydrogen-bond acceptors (Lipinski definition) is 7. The summed E-state index contributed by atoms with van der Waals surface area (Å²) in [4.78, 5) is 31.1. The molecule has 0 amide bonds. The maximum absolute atomic E-state index is 12.1. The van der Waals surface area contributed by atoms with Gasteiger partial charge in [0.05, 0.1) is 11.5 Å². The third-order valence-electron chi connectivity index (χ3n) is 4.34. The number of nitro groups is 1. The minimum atomic E-state index is -0.670. The highest BCUT2D eigenvalue weighted by Gasteiger charge is 2.24. The van der Waals surface area contributed by atoms with Gasteiger partial charge in [-0.25, -0.2) is 4.79 Å². The number of aromatic nitrogens is 1. The summed E-state index contributed by atoms with van der Waals surface area (Å²) in [6, 6.07) is 8.55. The lowest BCUT2D eigenvalue weighted by Crippen LogP contribution is -2.46. The summed E-state index contributed by atoms with van der Waals surface area (Å²) < 4.78 is 4.96. The molecule has 0 saturated carbocycles. The van der Waals surface area contributed by atoms with Crippen LogP contribution in [0.2, 0.25) is 0 Å². The van der Waals surface area contributed by atoms with Crippen LogP contribution >= 0.6 is 0 Å². The van der Waals surface area contributed by atoms with Gasteiger partial charge < -0.3 is 14.5 Å². The maximum atomic E-state index is 12.1. The van der Waals surface area contributed by atoms with Gasteiger partial charge in [0.25, 0.3) is 5.69 Å². The van der Waals surface area contributed by atoms with E-state index in [4.69, 9.17) is 4.74 Å². The van der Waals surface area contributed by atoms with Crippen LogP contribution in [-0.2, 0) is 4.74 Å². The van der Waals surface area contributed by atoms with E-state index >= 15 is 0 Å². The molecule has 1 aromatic heterocycles. The van der Waals surface area contributed by atoms with Crippen LogP contribution in [0.3, 0.4) is 0 Å². The Morgan fingerprint density at radius 2 is 1.73 bits per heavy atom. The Hall–Kier alpha value is -3.16. The quantitative estimate of drug-likeness (QED) is 0.462. The molecule has 1 aliphatic rings. The van der Waals surface area contributed by atoms with E-state index < -0.39 is 10.9 Å². The lowest BCUT2D eigenvalue weighted by Gasteiger charge is -2.37. The largest absolute Gasteiger partial charge is 0.462 e. The average Bonchev–Trinajstić information content (AvgIpc) is 2.68. The smallest absolute Gasteiger partial charge is 0.345 e. The van der Waals surface area contributed by atoms with Crippen molar-refractivity contribution in [3.05, 3.63) is 58.4 Å². The second-order valence-corrected chi connectivity index (χ2v) is 5.86. The molecule has 1 fully saturated rings. The molecule has 8 nitrogen and oxygen atoms in total. The van der Waals surface area contributed by atoms with Gasteiger partial charge in [-0.2, -0.15) is 0 Å². The Bertz CT molecular complexity index is 789. The Balaban J connectivity index is 1.77. The van der Waals surface area contributed by atoms with E-state index in [2.05, 4.69) is 14.8 Å². The van der Waals surface area contributed by atoms with Crippen molar-refractivity contribution >= 4 is 23.0 Å². The number of piperazine rings is 1. The van der Waals surface area contributed by atoms with Crippen molar-refractivity contribution < 1.29 is 14.5 Å². The lowest BCUT2D eigenvalue weighted by atomic mass is 10.1. The summed E-state index contributed by atoms with van der Waals surface area (Å²) in [6.45, 7) is 4.98. The van der Waals surface area contributed by atoms with E-state index in [0.717, 1.165) is 37.6 Å². The molecule has 1 aromatic carbocycles. The lowest BCUT2D eigenvalue weighted by molar-refractivity contribution is -0.385. The van der Waals surface area contributed by atoms with Crippen molar-refractivity contribution in [3.8, 4) is 0 Å². The Labute approximate surface area is 151 Å². The molecule has 26 heavy (non-hydrogen) atoms. The summed E-state index contributed by atoms with van der Waals surface area (Å²) in [6.07, 6.45) is 3.54. The van der Waals surface area contributed by atoms with Crippen molar-refractivity contribution in [3.63, 3.8) is 0 Å². The van der Waals surface area contributed by atoms with Gasteiger partial charge in [0.15, 0.2) is 0 Å². The number of esters is 1. The number of anilines is 2. The fraction of sp³-hybridized carbons (Fsp3) is 0.333. The molecule has 136 valence electrons. The molecule has 0 unspecified atom stereocenters. The number of ether oxygens (including phenoxy) is 1. The van der Waals surface area contributed by atoms with Crippen LogP contribution < -0.4 is 9.80 Å². The van der Waals surface area contributed by atoms with Crippen molar-refractivity contribution in [1.29, 1.82) is 0 Å². The first kappa shape index (κ1) is 17.7. The molecule has 0 bridgehead atoms. The topological polar surface area (TPSA) is 88.8 Å². The monoisotopic (exact) mass is 356 g/mol. The van der Waals surface area contributed by atoms with Gasteiger partial charge in [-0.3, -0.25) is 15.1 Å². The summed E-state index contributed by atoms with van der Waals surface area (Å²) in [5.41, 5.74) is 1.66. The molecule has 0 radical (unpaired) electrons. The zero-order valence-electron chi connectivity index (χ0n) is 14.5. The molecular formula is C18H20N4O4. The van der Waals surface area contributed by atoms with Gasteiger partial charge >= 0.3 is 5.97 Å². The molecule has 8 heteroatoms. The molecule has 0 N–H and O–H groups in total. The highest BCUT2D eigenvalue weighted by molar-refractivity contribution is 5.95. The molecule has 2 heterocycles. The van der Waals surface area contributed by atoms with Crippen molar-refractivity contribution in [2.45, 2.75) is 6.92 Å². The van der Waals surface area contributed by atoms with Crippen LogP contribution in [0.15, 0.2) is 42.7 Å². The van der Waals surface area contributed by atoms with E-state index in [0.29, 0.717) is 0 Å². The Morgan fingerprint density at radius 1 is 1.12 bits per heavy atom. The van der Waals surface area contributed by atoms with Gasteiger partial charge in [0.1, 0.15) is 5.56 Å². The van der Waals surface area contributed by atoms with Gasteiger partial charge in [-0.15, -0.1) is 0 Å². The highest BCUT2D eigenvalue weighted by atomic mass is 16.6. The number of carbonyl (C=O) groups is 1. The molecule has 2 aromatic rings. The third-order valence-corrected chi connectivity index (χ3v) is 4.34. The number of benzene rings is 1. The minimum Gasteiger partial charge on any atom is -0.462 e. The second kappa shape index (κ2) is 7.81. The normalized spacial score (nSPS) is 14.2. The first-order valence-electron chi connectivity index (χ1n) is 8.45. The molecule has 1 saturated heterocycles. The third kappa shape index (κ3) is 3.74. The number of rotatable bonds is 5. The van der Waals surface area contributed by atoms with Gasteiger partial charge in [-0.1, -0.05) is 0 Å². The SMILES string of the molecule is CCOC(=O)c1cc(N2CCN(c3ccncc3)CC2)ccc1[N+](=O)[O-]. The van der Waals surface area contributed by atoms with E-state index in [1.54, 1.807) is 31.5 Å². The molecule has 1 aliphatic heterocycles. The van der Waals surface area contributed by atoms with Crippen LogP contribution in [0.5, 0.6) is 0 Å². The number of pyridine rings is 1. The standard InChI is InChI=1S/C18H20N4O4/c1-2-26-18(23)16-13-15(3-4-17(16)22(24)25)21-11-9-20(10-12-21)14-5-7-19-8-6-14/h3-8,13H,2,9-12H2,1H3. The van der Waals surface area contributed by atoms with Crippen LogP contribution in [-0.4, -0.2) is 48.7 Å². The second-order valence-electron chi connectivity index (χ2n) is 5.86. The average molecular weight is 356 g/mol. The van der Waals surface area contributed by atoms with Crippen molar-refractivity contribution in [2.24, 2.45) is 0 Å². The molecular weight excluding hydrogens is 336 g/mol. The molecule has 0 atom stereocenters. The van der Waals surface area contributed by atoms with Crippen LogP contribution in [0.1, 0.15) is 17.3 Å². The van der Waals surface area contributed by atoms with E-state index in [9.17, 15) is 14.9 Å². The van der Waals surface area contributed by atoms with E-state index in [-0.39, 0.29) is 17.9 Å². The van der Waals surface area contributed by atoms with Gasteiger partial charge in [-0.05, 0) is 31.2 Å². The van der Waals surface area contributed by atoms with Crippen LogP contribution in [0.4, 0.5) is 17.1 Å². The molecule has 0 spiro atoms. The number of hydrogen-bond donors (Lipinski definition) is 0. The summed E-state index contributed by atoms with van der Waals surface area (Å²) in [7, 11) is 0. The van der Waals surface area contributed by atoms with Gasteiger partial charge in [0, 0.05) is 56.0 Å². The van der Waals surface area contributed by atoms with Crippen LogP contribution in [0, 0.1) is 10.1 Å². The van der Waals surface area contributed by atoms with Crippen molar-refractivity contribution in [2.75, 3.05) is 42.6 Å². The number of nitro benzene ring substituents is 1. The fourth-order valence-corrected chi connectivity index (χ4v) is 3.03. The first-order valence-corrected chi connectivity index (χ1v) is 8.45. The van der Waals surface area contributed by atoms with E-state index in [1.807, 2.05) is 12.1 Å².